The minimum Gasteiger partial charge on any atom is -0.271 e. The van der Waals surface area contributed by atoms with Crippen LogP contribution in [0.1, 0.15) is 25.2 Å². The monoisotopic (exact) mass is 352 g/mol. The van der Waals surface area contributed by atoms with Crippen LogP contribution in [0.3, 0.4) is 0 Å². The molecule has 1 aromatic heterocycles. The first-order valence-electron chi connectivity index (χ1n) is 6.07. The van der Waals surface area contributed by atoms with Crippen molar-refractivity contribution >= 4 is 25.8 Å². The number of aryl methyl sites for hydroxylation is 2. The molecule has 0 aliphatic carbocycles. The standard InChI is InChI=1S/C11H21BrN4O2S/c1-5-8-11(12)10(16(3)15-8)6-9(14-13)7(2)19(4,17)18/h7,9,14H,5-6,13H2,1-4H3. The molecule has 2 atom stereocenters. The Morgan fingerprint density at radius 2 is 2.11 bits per heavy atom. The summed E-state index contributed by atoms with van der Waals surface area (Å²) in [5.74, 6) is 5.50. The fourth-order valence-corrected chi connectivity index (χ4v) is 3.46. The quantitative estimate of drug-likeness (QED) is 0.576. The number of rotatable bonds is 6. The van der Waals surface area contributed by atoms with Crippen molar-refractivity contribution in [2.45, 2.75) is 38.0 Å². The predicted octanol–water partition coefficient (Wildman–Crippen LogP) is 0.553. The first-order valence-corrected chi connectivity index (χ1v) is 8.82. The van der Waals surface area contributed by atoms with Crippen molar-refractivity contribution in [2.75, 3.05) is 6.26 Å². The predicted molar refractivity (Wildman–Crippen MR) is 79.4 cm³/mol. The molecule has 3 N–H and O–H groups in total. The van der Waals surface area contributed by atoms with Gasteiger partial charge in [-0.3, -0.25) is 16.0 Å². The first-order chi connectivity index (χ1) is 8.72. The van der Waals surface area contributed by atoms with Crippen LogP contribution in [0.5, 0.6) is 0 Å². The molecule has 2 unspecified atom stereocenters. The Morgan fingerprint density at radius 1 is 1.53 bits per heavy atom. The highest BCUT2D eigenvalue weighted by atomic mass is 79.9. The van der Waals surface area contributed by atoms with Gasteiger partial charge in [-0.05, 0) is 29.3 Å². The summed E-state index contributed by atoms with van der Waals surface area (Å²) in [6.45, 7) is 3.68. The van der Waals surface area contributed by atoms with Gasteiger partial charge in [0.1, 0.15) is 0 Å². The fourth-order valence-electron chi connectivity index (χ4n) is 1.91. The van der Waals surface area contributed by atoms with Crippen molar-refractivity contribution in [1.29, 1.82) is 0 Å². The highest BCUT2D eigenvalue weighted by molar-refractivity contribution is 9.10. The summed E-state index contributed by atoms with van der Waals surface area (Å²) in [7, 11) is -1.30. The van der Waals surface area contributed by atoms with E-state index < -0.39 is 15.1 Å². The number of halogens is 1. The zero-order valence-electron chi connectivity index (χ0n) is 11.6. The Kier molecular flexibility index (Phi) is 5.54. The molecule has 0 saturated heterocycles. The third kappa shape index (κ3) is 3.77. The van der Waals surface area contributed by atoms with Gasteiger partial charge in [-0.25, -0.2) is 8.42 Å². The number of nitrogens with two attached hydrogens (primary N) is 1. The van der Waals surface area contributed by atoms with Crippen LogP contribution in [-0.2, 0) is 29.7 Å². The van der Waals surface area contributed by atoms with E-state index in [0.29, 0.717) is 6.42 Å². The largest absolute Gasteiger partial charge is 0.271 e. The van der Waals surface area contributed by atoms with E-state index in [-0.39, 0.29) is 6.04 Å². The van der Waals surface area contributed by atoms with Gasteiger partial charge in [0.05, 0.1) is 21.1 Å². The summed E-state index contributed by atoms with van der Waals surface area (Å²) in [4.78, 5) is 0. The lowest BCUT2D eigenvalue weighted by Gasteiger charge is -2.22. The molecular formula is C11H21BrN4O2S. The van der Waals surface area contributed by atoms with Crippen LogP contribution in [-0.4, -0.2) is 35.7 Å². The Bertz CT molecular complexity index is 541. The van der Waals surface area contributed by atoms with E-state index in [9.17, 15) is 8.42 Å². The molecule has 0 aromatic carbocycles. The summed E-state index contributed by atoms with van der Waals surface area (Å²) < 4.78 is 25.9. The van der Waals surface area contributed by atoms with Crippen molar-refractivity contribution in [3.05, 3.63) is 15.9 Å². The van der Waals surface area contributed by atoms with E-state index in [0.717, 1.165) is 22.3 Å². The second-order valence-corrected chi connectivity index (χ2v) is 7.89. The highest BCUT2D eigenvalue weighted by Gasteiger charge is 2.27. The molecule has 0 spiro atoms. The molecule has 0 bridgehead atoms. The number of nitrogens with one attached hydrogen (secondary N) is 1. The van der Waals surface area contributed by atoms with E-state index in [1.165, 1.54) is 6.26 Å². The van der Waals surface area contributed by atoms with Crippen LogP contribution in [0.2, 0.25) is 0 Å². The molecule has 1 rings (SSSR count). The lowest BCUT2D eigenvalue weighted by molar-refractivity contribution is 0.481. The summed E-state index contributed by atoms with van der Waals surface area (Å²) >= 11 is 3.52. The molecule has 0 aliphatic heterocycles. The molecule has 0 amide bonds. The zero-order chi connectivity index (χ0) is 14.8. The van der Waals surface area contributed by atoms with Gasteiger partial charge in [-0.1, -0.05) is 6.92 Å². The van der Waals surface area contributed by atoms with Crippen molar-refractivity contribution in [2.24, 2.45) is 12.9 Å². The maximum absolute atomic E-state index is 11.6. The molecule has 0 fully saturated rings. The van der Waals surface area contributed by atoms with E-state index in [1.54, 1.807) is 11.6 Å². The average molecular weight is 353 g/mol. The number of hydrogen-bond donors (Lipinski definition) is 2. The fraction of sp³-hybridized carbons (Fsp3) is 0.727. The zero-order valence-corrected chi connectivity index (χ0v) is 14.0. The summed E-state index contributed by atoms with van der Waals surface area (Å²) in [6, 6.07) is -0.355. The van der Waals surface area contributed by atoms with Gasteiger partial charge in [-0.15, -0.1) is 0 Å². The third-order valence-electron chi connectivity index (χ3n) is 3.37. The number of aromatic nitrogens is 2. The van der Waals surface area contributed by atoms with E-state index in [4.69, 9.17) is 5.84 Å². The molecule has 0 saturated carbocycles. The van der Waals surface area contributed by atoms with E-state index in [1.807, 2.05) is 14.0 Å². The molecule has 1 aromatic rings. The number of hydrazine groups is 1. The van der Waals surface area contributed by atoms with Crippen molar-refractivity contribution in [1.82, 2.24) is 15.2 Å². The SMILES string of the molecule is CCc1nn(C)c(CC(NN)C(C)S(C)(=O)=O)c1Br. The normalized spacial score (nSPS) is 15.5. The van der Waals surface area contributed by atoms with Crippen LogP contribution in [0, 0.1) is 0 Å². The second kappa shape index (κ2) is 6.34. The van der Waals surface area contributed by atoms with E-state index >= 15 is 0 Å². The molecule has 8 heteroatoms. The minimum absolute atomic E-state index is 0.355. The number of nitrogens with zero attached hydrogens (tertiary/aromatic N) is 2. The maximum atomic E-state index is 11.6. The molecule has 1 heterocycles. The Hall–Kier alpha value is -0.440. The Morgan fingerprint density at radius 3 is 2.47 bits per heavy atom. The molecule has 110 valence electrons. The van der Waals surface area contributed by atoms with Crippen LogP contribution in [0.25, 0.3) is 0 Å². The summed E-state index contributed by atoms with van der Waals surface area (Å²) in [6.07, 6.45) is 2.53. The molecule has 0 aliphatic rings. The second-order valence-electron chi connectivity index (χ2n) is 4.70. The average Bonchev–Trinajstić information content (AvgIpc) is 2.60. The van der Waals surface area contributed by atoms with Gasteiger partial charge >= 0.3 is 0 Å². The van der Waals surface area contributed by atoms with Crippen LogP contribution in [0.4, 0.5) is 0 Å². The summed E-state index contributed by atoms with van der Waals surface area (Å²) in [5, 5.41) is 3.82. The van der Waals surface area contributed by atoms with Crippen LogP contribution in [0.15, 0.2) is 4.47 Å². The third-order valence-corrected chi connectivity index (χ3v) is 5.97. The van der Waals surface area contributed by atoms with Gasteiger partial charge in [0.15, 0.2) is 9.84 Å². The van der Waals surface area contributed by atoms with Crippen molar-refractivity contribution < 1.29 is 8.42 Å². The maximum Gasteiger partial charge on any atom is 0.151 e. The van der Waals surface area contributed by atoms with Gasteiger partial charge in [0.2, 0.25) is 0 Å². The lowest BCUT2D eigenvalue weighted by atomic mass is 10.1. The van der Waals surface area contributed by atoms with Gasteiger partial charge < -0.3 is 0 Å². The van der Waals surface area contributed by atoms with Gasteiger partial charge in [0.25, 0.3) is 0 Å². The smallest absolute Gasteiger partial charge is 0.151 e. The van der Waals surface area contributed by atoms with Gasteiger partial charge in [0, 0.05) is 25.8 Å². The van der Waals surface area contributed by atoms with E-state index in [2.05, 4.69) is 26.5 Å². The topological polar surface area (TPSA) is 90.0 Å². The van der Waals surface area contributed by atoms with Crippen molar-refractivity contribution in [3.8, 4) is 0 Å². The Labute approximate surface area is 122 Å². The number of hydrogen-bond acceptors (Lipinski definition) is 5. The van der Waals surface area contributed by atoms with Crippen molar-refractivity contribution in [3.63, 3.8) is 0 Å². The molecular weight excluding hydrogens is 332 g/mol. The van der Waals surface area contributed by atoms with Crippen LogP contribution < -0.4 is 11.3 Å². The first kappa shape index (κ1) is 16.6. The molecule has 0 radical (unpaired) electrons. The number of sulfone groups is 1. The van der Waals surface area contributed by atoms with Crippen LogP contribution >= 0.6 is 15.9 Å². The summed E-state index contributed by atoms with van der Waals surface area (Å²) in [5.41, 5.74) is 4.50. The minimum atomic E-state index is -3.15. The Balaban J connectivity index is 3.03. The highest BCUT2D eigenvalue weighted by Crippen LogP contribution is 2.23. The lowest BCUT2D eigenvalue weighted by Crippen LogP contribution is -2.47. The molecule has 6 nitrogen and oxygen atoms in total. The van der Waals surface area contributed by atoms with Gasteiger partial charge in [-0.2, -0.15) is 5.10 Å². The molecule has 19 heavy (non-hydrogen) atoms.